The molecule has 0 fully saturated rings. The van der Waals surface area contributed by atoms with Crippen LogP contribution >= 0.6 is 0 Å². The summed E-state index contributed by atoms with van der Waals surface area (Å²) in [5.41, 5.74) is 1.04. The zero-order valence-electron chi connectivity index (χ0n) is 16.0. The third kappa shape index (κ3) is 5.58. The molecule has 0 aliphatic carbocycles. The second-order valence-electron chi connectivity index (χ2n) is 6.07. The molecule has 29 heavy (non-hydrogen) atoms. The molecule has 150 valence electrons. The van der Waals surface area contributed by atoms with Crippen molar-refractivity contribution in [3.63, 3.8) is 0 Å². The summed E-state index contributed by atoms with van der Waals surface area (Å²) in [5, 5.41) is 6.37. The summed E-state index contributed by atoms with van der Waals surface area (Å²) in [6.45, 7) is 1.29. The average Bonchev–Trinajstić information content (AvgIpc) is 3.16. The molecule has 3 aromatic rings. The maximum absolute atomic E-state index is 12.8. The number of nitrogens with zero attached hydrogens (tertiary/aromatic N) is 1. The Labute approximate surface area is 167 Å². The van der Waals surface area contributed by atoms with Gasteiger partial charge < -0.3 is 24.1 Å². The van der Waals surface area contributed by atoms with Gasteiger partial charge >= 0.3 is 5.97 Å². The molecular formula is C21H20N2O6. The number of methoxy groups -OCH3 is 1. The first kappa shape index (κ1) is 19.9. The predicted molar refractivity (Wildman–Crippen MR) is 104 cm³/mol. The van der Waals surface area contributed by atoms with E-state index in [-0.39, 0.29) is 5.88 Å². The highest BCUT2D eigenvalue weighted by Gasteiger charge is 2.25. The number of esters is 1. The van der Waals surface area contributed by atoms with E-state index in [0.717, 1.165) is 0 Å². The molecule has 1 N–H and O–H groups in total. The van der Waals surface area contributed by atoms with Crippen molar-refractivity contribution in [2.75, 3.05) is 19.0 Å². The highest BCUT2D eigenvalue weighted by atomic mass is 16.6. The van der Waals surface area contributed by atoms with Crippen LogP contribution in [0.5, 0.6) is 11.6 Å². The van der Waals surface area contributed by atoms with Gasteiger partial charge in [0.05, 0.1) is 7.11 Å². The molecule has 1 atom stereocenters. The number of carbonyl (C=O) groups is 2. The molecule has 8 nitrogen and oxygen atoms in total. The van der Waals surface area contributed by atoms with E-state index < -0.39 is 24.6 Å². The molecule has 0 radical (unpaired) electrons. The third-order valence-corrected chi connectivity index (χ3v) is 3.87. The molecule has 0 saturated carbocycles. The predicted octanol–water partition coefficient (Wildman–Crippen LogP) is 3.29. The minimum Gasteiger partial charge on any atom is -0.497 e. The summed E-state index contributed by atoms with van der Waals surface area (Å²) in [7, 11) is 1.53. The van der Waals surface area contributed by atoms with Crippen LogP contribution in [0.4, 0.5) is 5.69 Å². The van der Waals surface area contributed by atoms with E-state index in [1.54, 1.807) is 61.5 Å². The van der Waals surface area contributed by atoms with Crippen LogP contribution in [0.15, 0.2) is 65.2 Å². The monoisotopic (exact) mass is 396 g/mol. The number of amides is 1. The molecule has 0 spiro atoms. The minimum absolute atomic E-state index is 0.163. The van der Waals surface area contributed by atoms with Crippen molar-refractivity contribution in [1.82, 2.24) is 5.16 Å². The summed E-state index contributed by atoms with van der Waals surface area (Å²) in [6.07, 6.45) is -1.16. The molecule has 0 bridgehead atoms. The lowest BCUT2D eigenvalue weighted by atomic mass is 10.1. The lowest BCUT2D eigenvalue weighted by Crippen LogP contribution is -2.28. The van der Waals surface area contributed by atoms with Gasteiger partial charge in [-0.1, -0.05) is 36.4 Å². The van der Waals surface area contributed by atoms with Gasteiger partial charge in [0.25, 0.3) is 11.8 Å². The molecule has 3 rings (SSSR count). The molecule has 1 aromatic heterocycles. The Kier molecular flexibility index (Phi) is 6.47. The Morgan fingerprint density at radius 3 is 2.59 bits per heavy atom. The van der Waals surface area contributed by atoms with Crippen molar-refractivity contribution in [3.05, 3.63) is 72.0 Å². The standard InChI is InChI=1S/C21H20N2O6/c1-14-11-18(23-29-14)27-13-19(24)28-20(15-7-4-3-5-8-15)21(25)22-16-9-6-10-17(12-16)26-2/h3-12,20H,13H2,1-2H3,(H,22,25)/t20-/m1/s1. The van der Waals surface area contributed by atoms with E-state index >= 15 is 0 Å². The zero-order chi connectivity index (χ0) is 20.6. The van der Waals surface area contributed by atoms with Gasteiger partial charge in [-0.05, 0) is 24.2 Å². The van der Waals surface area contributed by atoms with Crippen LogP contribution in [0.1, 0.15) is 17.4 Å². The summed E-state index contributed by atoms with van der Waals surface area (Å²) < 4.78 is 20.6. The van der Waals surface area contributed by atoms with Gasteiger partial charge in [-0.2, -0.15) is 0 Å². The number of nitrogens with one attached hydrogen (secondary N) is 1. The van der Waals surface area contributed by atoms with Crippen LogP contribution in [-0.4, -0.2) is 30.7 Å². The van der Waals surface area contributed by atoms with Crippen LogP contribution < -0.4 is 14.8 Å². The zero-order valence-corrected chi connectivity index (χ0v) is 16.0. The molecular weight excluding hydrogens is 376 g/mol. The fourth-order valence-corrected chi connectivity index (χ4v) is 2.52. The second-order valence-corrected chi connectivity index (χ2v) is 6.07. The van der Waals surface area contributed by atoms with E-state index in [1.807, 2.05) is 0 Å². The number of ether oxygens (including phenoxy) is 3. The third-order valence-electron chi connectivity index (χ3n) is 3.87. The maximum atomic E-state index is 12.8. The van der Waals surface area contributed by atoms with Crippen molar-refractivity contribution in [1.29, 1.82) is 0 Å². The van der Waals surface area contributed by atoms with Crippen molar-refractivity contribution in [2.45, 2.75) is 13.0 Å². The smallest absolute Gasteiger partial charge is 0.345 e. The van der Waals surface area contributed by atoms with Gasteiger partial charge in [-0.25, -0.2) is 4.79 Å². The number of hydrogen-bond acceptors (Lipinski definition) is 7. The molecule has 1 amide bonds. The minimum atomic E-state index is -1.16. The SMILES string of the molecule is COc1cccc(NC(=O)[C@H](OC(=O)COc2cc(C)on2)c2ccccc2)c1. The van der Waals surface area contributed by atoms with Gasteiger partial charge in [0.15, 0.2) is 6.61 Å². The topological polar surface area (TPSA) is 99.9 Å². The van der Waals surface area contributed by atoms with E-state index in [2.05, 4.69) is 10.5 Å². The van der Waals surface area contributed by atoms with Crippen molar-refractivity contribution in [2.24, 2.45) is 0 Å². The van der Waals surface area contributed by atoms with Crippen molar-refractivity contribution in [3.8, 4) is 11.6 Å². The average molecular weight is 396 g/mol. The van der Waals surface area contributed by atoms with Crippen LogP contribution in [0.2, 0.25) is 0 Å². The van der Waals surface area contributed by atoms with Gasteiger partial charge in [-0.3, -0.25) is 4.79 Å². The highest BCUT2D eigenvalue weighted by molar-refractivity contribution is 5.96. The van der Waals surface area contributed by atoms with Crippen molar-refractivity contribution >= 4 is 17.6 Å². The number of rotatable bonds is 8. The largest absolute Gasteiger partial charge is 0.497 e. The summed E-state index contributed by atoms with van der Waals surface area (Å²) in [6, 6.07) is 17.1. The maximum Gasteiger partial charge on any atom is 0.345 e. The highest BCUT2D eigenvalue weighted by Crippen LogP contribution is 2.22. The molecule has 8 heteroatoms. The number of aryl methyl sites for hydroxylation is 1. The first-order chi connectivity index (χ1) is 14.0. The van der Waals surface area contributed by atoms with E-state index in [9.17, 15) is 9.59 Å². The van der Waals surface area contributed by atoms with Gasteiger partial charge in [0.1, 0.15) is 11.5 Å². The van der Waals surface area contributed by atoms with Gasteiger partial charge in [0, 0.05) is 23.4 Å². The van der Waals surface area contributed by atoms with Crippen LogP contribution in [0, 0.1) is 6.92 Å². The molecule has 1 heterocycles. The van der Waals surface area contributed by atoms with Crippen LogP contribution in [0.3, 0.4) is 0 Å². The molecule has 0 aliphatic heterocycles. The Hall–Kier alpha value is -3.81. The number of anilines is 1. The summed E-state index contributed by atoms with van der Waals surface area (Å²) in [5.74, 6) is 0.0764. The van der Waals surface area contributed by atoms with Gasteiger partial charge in [0.2, 0.25) is 6.10 Å². The summed E-state index contributed by atoms with van der Waals surface area (Å²) in [4.78, 5) is 25.1. The molecule has 2 aromatic carbocycles. The molecule has 0 aliphatic rings. The van der Waals surface area contributed by atoms with E-state index in [4.69, 9.17) is 18.7 Å². The van der Waals surface area contributed by atoms with Crippen LogP contribution in [0.25, 0.3) is 0 Å². The fourth-order valence-electron chi connectivity index (χ4n) is 2.52. The van der Waals surface area contributed by atoms with Gasteiger partial charge in [-0.15, -0.1) is 0 Å². The quantitative estimate of drug-likeness (QED) is 0.583. The first-order valence-corrected chi connectivity index (χ1v) is 8.80. The Bertz CT molecular complexity index is 970. The van der Waals surface area contributed by atoms with E-state index in [0.29, 0.717) is 22.8 Å². The Morgan fingerprint density at radius 1 is 1.10 bits per heavy atom. The number of carbonyl (C=O) groups excluding carboxylic acids is 2. The number of hydrogen-bond donors (Lipinski definition) is 1. The Balaban J connectivity index is 1.70. The normalized spacial score (nSPS) is 11.4. The van der Waals surface area contributed by atoms with E-state index in [1.165, 1.54) is 13.2 Å². The number of aromatic nitrogens is 1. The lowest BCUT2D eigenvalue weighted by molar-refractivity contribution is -0.156. The Morgan fingerprint density at radius 2 is 1.90 bits per heavy atom. The van der Waals surface area contributed by atoms with Crippen molar-refractivity contribution < 1.29 is 28.3 Å². The molecule has 0 saturated heterocycles. The lowest BCUT2D eigenvalue weighted by Gasteiger charge is -2.18. The first-order valence-electron chi connectivity index (χ1n) is 8.80. The molecule has 0 unspecified atom stereocenters. The number of benzene rings is 2. The fraction of sp³-hybridized carbons (Fsp3) is 0.190. The van der Waals surface area contributed by atoms with Crippen LogP contribution in [-0.2, 0) is 14.3 Å². The summed E-state index contributed by atoms with van der Waals surface area (Å²) >= 11 is 0. The second kappa shape index (κ2) is 9.41.